The standard InChI is InChI=1S/C28H23NO2P.ClH.H2O/c30-27-25-18-10-11-19-26(25)28(31)29(27)20-21-32(22-12-4-1-5-13-22,23-14-6-2-7-15-23)24-16-8-3-9-17-24;;/h1-19H,20-21H2;1H;1H2/q+1;;/p-1. The summed E-state index contributed by atoms with van der Waals surface area (Å²) in [5.41, 5.74) is 1.00. The SMILES string of the molecule is O.O=C1c2ccccc2C(=O)N1CC[P+](c1ccccc1)(c1ccccc1)c1ccccc1.[Cl-]. The number of benzene rings is 4. The minimum Gasteiger partial charge on any atom is -1.00 e. The van der Waals surface area contributed by atoms with E-state index in [1.807, 2.05) is 30.3 Å². The number of imide groups is 1. The van der Waals surface area contributed by atoms with Crippen molar-refractivity contribution in [1.82, 2.24) is 4.90 Å². The smallest absolute Gasteiger partial charge is 0.261 e. The number of halogens is 1. The number of carbonyl (C=O) groups is 2. The van der Waals surface area contributed by atoms with Crippen LogP contribution in [-0.2, 0) is 0 Å². The van der Waals surface area contributed by atoms with Gasteiger partial charge in [-0.15, -0.1) is 0 Å². The van der Waals surface area contributed by atoms with Crippen molar-refractivity contribution >= 4 is 35.0 Å². The predicted molar refractivity (Wildman–Crippen MR) is 135 cm³/mol. The van der Waals surface area contributed by atoms with E-state index in [1.165, 1.54) is 20.8 Å². The summed E-state index contributed by atoms with van der Waals surface area (Å²) in [6.07, 6.45) is 0.691. The van der Waals surface area contributed by atoms with Gasteiger partial charge in [-0.25, -0.2) is 0 Å². The molecule has 0 fully saturated rings. The van der Waals surface area contributed by atoms with E-state index in [0.717, 1.165) is 0 Å². The third-order valence-corrected chi connectivity index (χ3v) is 10.5. The lowest BCUT2D eigenvalue weighted by molar-refractivity contribution is -0.0000304. The number of fused-ring (bicyclic) bond motifs is 1. The maximum absolute atomic E-state index is 13.1. The lowest BCUT2D eigenvalue weighted by Crippen LogP contribution is -3.00. The fraction of sp³-hybridized carbons (Fsp3) is 0.0714. The molecule has 0 saturated heterocycles. The maximum atomic E-state index is 13.1. The third kappa shape index (κ3) is 4.28. The Hall–Kier alpha value is -3.30. The molecule has 0 aliphatic carbocycles. The van der Waals surface area contributed by atoms with Gasteiger partial charge in [-0.3, -0.25) is 14.5 Å². The van der Waals surface area contributed by atoms with Gasteiger partial charge in [0.25, 0.3) is 11.8 Å². The zero-order chi connectivity index (χ0) is 22.0. The molecular weight excluding hydrogens is 465 g/mol. The number of carbonyl (C=O) groups excluding carboxylic acids is 2. The molecule has 0 unspecified atom stereocenters. The molecule has 1 heterocycles. The Kier molecular flexibility index (Phi) is 8.01. The van der Waals surface area contributed by atoms with Crippen LogP contribution in [0.3, 0.4) is 0 Å². The molecule has 4 aromatic carbocycles. The van der Waals surface area contributed by atoms with Crippen LogP contribution in [0.2, 0.25) is 0 Å². The predicted octanol–water partition coefficient (Wildman–Crippen LogP) is 0.456. The average Bonchev–Trinajstić information content (AvgIpc) is 3.11. The molecule has 34 heavy (non-hydrogen) atoms. The summed E-state index contributed by atoms with van der Waals surface area (Å²) in [6.45, 7) is 0.374. The highest BCUT2D eigenvalue weighted by Gasteiger charge is 2.47. The number of hydrogen-bond acceptors (Lipinski definition) is 2. The van der Waals surface area contributed by atoms with Crippen LogP contribution in [0.4, 0.5) is 0 Å². The van der Waals surface area contributed by atoms with Gasteiger partial charge < -0.3 is 17.9 Å². The molecule has 5 rings (SSSR count). The van der Waals surface area contributed by atoms with Gasteiger partial charge >= 0.3 is 0 Å². The van der Waals surface area contributed by atoms with Crippen molar-refractivity contribution in [3.8, 4) is 0 Å². The zero-order valence-electron chi connectivity index (χ0n) is 18.5. The van der Waals surface area contributed by atoms with Crippen LogP contribution in [0, 0.1) is 0 Å². The molecule has 0 atom stereocenters. The third-order valence-electron chi connectivity index (χ3n) is 6.13. The van der Waals surface area contributed by atoms with Crippen molar-refractivity contribution < 1.29 is 27.5 Å². The molecule has 1 aliphatic heterocycles. The van der Waals surface area contributed by atoms with Crippen molar-refractivity contribution in [1.29, 1.82) is 0 Å². The molecule has 6 heteroatoms. The lowest BCUT2D eigenvalue weighted by atomic mass is 10.1. The number of hydrogen-bond donors (Lipinski definition) is 0. The lowest BCUT2D eigenvalue weighted by Gasteiger charge is -2.29. The van der Waals surface area contributed by atoms with Crippen LogP contribution in [0.25, 0.3) is 0 Å². The van der Waals surface area contributed by atoms with E-state index in [0.29, 0.717) is 23.8 Å². The molecule has 4 nitrogen and oxygen atoms in total. The van der Waals surface area contributed by atoms with Gasteiger partial charge in [0.15, 0.2) is 0 Å². The van der Waals surface area contributed by atoms with Crippen molar-refractivity contribution in [2.24, 2.45) is 0 Å². The summed E-state index contributed by atoms with van der Waals surface area (Å²) >= 11 is 0. The summed E-state index contributed by atoms with van der Waals surface area (Å²) in [6, 6.07) is 38.6. The quantitative estimate of drug-likeness (QED) is 0.292. The van der Waals surface area contributed by atoms with E-state index in [-0.39, 0.29) is 29.7 Å². The normalized spacial score (nSPS) is 12.5. The summed E-state index contributed by atoms with van der Waals surface area (Å²) in [5.74, 6) is -0.393. The van der Waals surface area contributed by atoms with Crippen LogP contribution < -0.4 is 28.3 Å². The topological polar surface area (TPSA) is 68.9 Å². The van der Waals surface area contributed by atoms with E-state index >= 15 is 0 Å². The second kappa shape index (κ2) is 10.8. The van der Waals surface area contributed by atoms with Gasteiger partial charge in [0, 0.05) is 0 Å². The molecule has 0 radical (unpaired) electrons. The maximum Gasteiger partial charge on any atom is 0.261 e. The molecule has 172 valence electrons. The fourth-order valence-corrected chi connectivity index (χ4v) is 8.79. The van der Waals surface area contributed by atoms with Gasteiger partial charge in [-0.1, -0.05) is 66.7 Å². The molecule has 0 aromatic heterocycles. The van der Waals surface area contributed by atoms with Crippen LogP contribution in [0.5, 0.6) is 0 Å². The number of amides is 2. The van der Waals surface area contributed by atoms with Gasteiger partial charge in [0.1, 0.15) is 23.2 Å². The van der Waals surface area contributed by atoms with Gasteiger partial charge in [-0.2, -0.15) is 0 Å². The number of nitrogens with zero attached hydrogens (tertiary/aromatic N) is 1. The summed E-state index contributed by atoms with van der Waals surface area (Å²) in [4.78, 5) is 27.5. The monoisotopic (exact) mass is 489 g/mol. The van der Waals surface area contributed by atoms with Crippen molar-refractivity contribution in [2.45, 2.75) is 0 Å². The fourth-order valence-electron chi connectivity index (χ4n) is 4.57. The summed E-state index contributed by atoms with van der Waals surface area (Å²) in [5, 5.41) is 3.73. The van der Waals surface area contributed by atoms with Crippen molar-refractivity contribution in [2.75, 3.05) is 12.7 Å². The van der Waals surface area contributed by atoms with Gasteiger partial charge in [0.05, 0.1) is 23.8 Å². The van der Waals surface area contributed by atoms with E-state index < -0.39 is 7.26 Å². The molecule has 4 aromatic rings. The number of rotatable bonds is 6. The Morgan fingerprint density at radius 2 is 0.853 bits per heavy atom. The van der Waals surface area contributed by atoms with Gasteiger partial charge in [0.2, 0.25) is 0 Å². The molecule has 1 aliphatic rings. The average molecular weight is 490 g/mol. The Labute approximate surface area is 206 Å². The van der Waals surface area contributed by atoms with Crippen molar-refractivity contribution in [3.63, 3.8) is 0 Å². The molecular formula is C28H25ClNO3P. The molecule has 2 N–H and O–H groups in total. The van der Waals surface area contributed by atoms with Crippen molar-refractivity contribution in [3.05, 3.63) is 126 Å². The minimum atomic E-state index is -2.10. The molecule has 2 amide bonds. The first-order valence-electron chi connectivity index (χ1n) is 10.7. The summed E-state index contributed by atoms with van der Waals surface area (Å²) < 4.78 is 0. The van der Waals surface area contributed by atoms with Crippen LogP contribution in [-0.4, -0.2) is 34.9 Å². The minimum absolute atomic E-state index is 0. The Bertz CT molecular complexity index is 1130. The van der Waals surface area contributed by atoms with Crippen LogP contribution in [0.15, 0.2) is 115 Å². The highest BCUT2D eigenvalue weighted by molar-refractivity contribution is 7.95. The van der Waals surface area contributed by atoms with E-state index in [4.69, 9.17) is 0 Å². The van der Waals surface area contributed by atoms with Gasteiger partial charge in [-0.05, 0) is 48.5 Å². The van der Waals surface area contributed by atoms with Crippen LogP contribution in [0.1, 0.15) is 20.7 Å². The Balaban J connectivity index is 0.00000162. The Morgan fingerprint density at radius 3 is 1.21 bits per heavy atom. The van der Waals surface area contributed by atoms with E-state index in [9.17, 15) is 9.59 Å². The first-order valence-corrected chi connectivity index (χ1v) is 12.7. The first-order chi connectivity index (χ1) is 15.7. The van der Waals surface area contributed by atoms with E-state index in [1.54, 1.807) is 12.1 Å². The highest BCUT2D eigenvalue weighted by Crippen LogP contribution is 2.55. The first kappa shape index (κ1) is 25.3. The second-order valence-corrected chi connectivity index (χ2v) is 11.5. The largest absolute Gasteiger partial charge is 1.00 e. The Morgan fingerprint density at radius 1 is 0.529 bits per heavy atom. The molecule has 0 bridgehead atoms. The zero-order valence-corrected chi connectivity index (χ0v) is 20.1. The second-order valence-electron chi connectivity index (χ2n) is 7.85. The highest BCUT2D eigenvalue weighted by atomic mass is 35.5. The van der Waals surface area contributed by atoms with E-state index in [2.05, 4.69) is 72.8 Å². The summed E-state index contributed by atoms with van der Waals surface area (Å²) in [7, 11) is -2.10. The molecule has 0 saturated carbocycles. The molecule has 0 spiro atoms. The van der Waals surface area contributed by atoms with Crippen LogP contribution >= 0.6 is 7.26 Å².